The van der Waals surface area contributed by atoms with Gasteiger partial charge in [-0.15, -0.1) is 0 Å². The molecule has 0 saturated carbocycles. The standard InChI is InChI=1S/C24H30FN3O3S/c25-21-9-10-23(27-13-5-2-6-14-27)22(17-21)26-24(29)20-11-15-28(16-12-20)32(30,31)18-19-7-3-1-4-8-19/h1,3-4,7-10,17,20H,2,5-6,11-16,18H2,(H,26,29). The molecule has 2 fully saturated rings. The summed E-state index contributed by atoms with van der Waals surface area (Å²) < 4.78 is 40.9. The number of anilines is 2. The van der Waals surface area contributed by atoms with Gasteiger partial charge in [0.2, 0.25) is 15.9 Å². The third-order valence-corrected chi connectivity index (χ3v) is 8.17. The fourth-order valence-corrected chi connectivity index (χ4v) is 6.09. The highest BCUT2D eigenvalue weighted by molar-refractivity contribution is 7.88. The summed E-state index contributed by atoms with van der Waals surface area (Å²) in [6.45, 7) is 2.42. The van der Waals surface area contributed by atoms with Gasteiger partial charge in [-0.25, -0.2) is 17.1 Å². The van der Waals surface area contributed by atoms with Crippen molar-refractivity contribution in [3.8, 4) is 0 Å². The molecule has 0 radical (unpaired) electrons. The fourth-order valence-electron chi connectivity index (χ4n) is 4.53. The molecule has 172 valence electrons. The fraction of sp³-hybridized carbons (Fsp3) is 0.458. The first-order valence-electron chi connectivity index (χ1n) is 11.3. The molecule has 0 aromatic heterocycles. The van der Waals surface area contributed by atoms with Crippen molar-refractivity contribution in [3.63, 3.8) is 0 Å². The molecule has 0 spiro atoms. The van der Waals surface area contributed by atoms with Crippen LogP contribution in [0.1, 0.15) is 37.7 Å². The van der Waals surface area contributed by atoms with Gasteiger partial charge >= 0.3 is 0 Å². The number of rotatable bonds is 6. The molecule has 0 bridgehead atoms. The summed E-state index contributed by atoms with van der Waals surface area (Å²) in [4.78, 5) is 15.1. The molecule has 0 atom stereocenters. The first kappa shape index (κ1) is 22.7. The highest BCUT2D eigenvalue weighted by atomic mass is 32.2. The van der Waals surface area contributed by atoms with E-state index in [0.717, 1.165) is 37.2 Å². The predicted molar refractivity (Wildman–Crippen MR) is 124 cm³/mol. The summed E-state index contributed by atoms with van der Waals surface area (Å²) >= 11 is 0. The number of piperidine rings is 2. The van der Waals surface area contributed by atoms with Crippen molar-refractivity contribution >= 4 is 27.3 Å². The molecule has 2 aliphatic heterocycles. The molecule has 32 heavy (non-hydrogen) atoms. The molecule has 1 N–H and O–H groups in total. The van der Waals surface area contributed by atoms with Crippen molar-refractivity contribution in [1.29, 1.82) is 0 Å². The van der Waals surface area contributed by atoms with E-state index in [2.05, 4.69) is 10.2 Å². The summed E-state index contributed by atoms with van der Waals surface area (Å²) in [6.07, 6.45) is 4.26. The average molecular weight is 460 g/mol. The molecule has 2 heterocycles. The zero-order valence-electron chi connectivity index (χ0n) is 18.2. The van der Waals surface area contributed by atoms with Gasteiger partial charge in [0.05, 0.1) is 17.1 Å². The summed E-state index contributed by atoms with van der Waals surface area (Å²) in [7, 11) is -3.43. The quantitative estimate of drug-likeness (QED) is 0.709. The minimum atomic E-state index is -3.43. The van der Waals surface area contributed by atoms with Crippen molar-refractivity contribution in [2.24, 2.45) is 5.92 Å². The summed E-state index contributed by atoms with van der Waals surface area (Å²) in [5.74, 6) is -0.889. The lowest BCUT2D eigenvalue weighted by atomic mass is 9.97. The molecular formula is C24H30FN3O3S. The molecule has 0 aliphatic carbocycles. The SMILES string of the molecule is O=C(Nc1cc(F)ccc1N1CCCCC1)C1CCN(S(=O)(=O)Cc2ccccc2)CC1. The number of carbonyl (C=O) groups excluding carboxylic acids is 1. The van der Waals surface area contributed by atoms with Crippen molar-refractivity contribution in [1.82, 2.24) is 4.31 Å². The molecule has 0 unspecified atom stereocenters. The minimum Gasteiger partial charge on any atom is -0.370 e. The van der Waals surface area contributed by atoms with Crippen LogP contribution >= 0.6 is 0 Å². The van der Waals surface area contributed by atoms with E-state index in [0.29, 0.717) is 31.6 Å². The summed E-state index contributed by atoms with van der Waals surface area (Å²) in [5, 5.41) is 2.92. The van der Waals surface area contributed by atoms with Crippen molar-refractivity contribution in [3.05, 3.63) is 59.9 Å². The maximum absolute atomic E-state index is 13.9. The van der Waals surface area contributed by atoms with E-state index in [4.69, 9.17) is 0 Å². The lowest BCUT2D eigenvalue weighted by Gasteiger charge is -2.32. The van der Waals surface area contributed by atoms with Crippen LogP contribution in [0.2, 0.25) is 0 Å². The van der Waals surface area contributed by atoms with Crippen molar-refractivity contribution in [2.75, 3.05) is 36.4 Å². The Balaban J connectivity index is 1.37. The monoisotopic (exact) mass is 459 g/mol. The number of nitrogens with one attached hydrogen (secondary N) is 1. The number of nitrogens with zero attached hydrogens (tertiary/aromatic N) is 2. The van der Waals surface area contributed by atoms with Gasteiger partial charge in [0, 0.05) is 32.1 Å². The Morgan fingerprint density at radius 2 is 1.66 bits per heavy atom. The van der Waals surface area contributed by atoms with E-state index in [1.54, 1.807) is 18.2 Å². The molecule has 2 aromatic rings. The summed E-state index contributed by atoms with van der Waals surface area (Å²) in [6, 6.07) is 13.6. The lowest BCUT2D eigenvalue weighted by molar-refractivity contribution is -0.120. The van der Waals surface area contributed by atoms with Gasteiger partial charge in [0.25, 0.3) is 0 Å². The van der Waals surface area contributed by atoms with Crippen LogP contribution in [0.3, 0.4) is 0 Å². The van der Waals surface area contributed by atoms with Crippen LogP contribution in [-0.2, 0) is 20.6 Å². The normalized spacial score (nSPS) is 18.5. The highest BCUT2D eigenvalue weighted by Gasteiger charge is 2.31. The smallest absolute Gasteiger partial charge is 0.227 e. The van der Waals surface area contributed by atoms with Crippen LogP contribution in [-0.4, -0.2) is 44.8 Å². The second-order valence-electron chi connectivity index (χ2n) is 8.61. The van der Waals surface area contributed by atoms with Gasteiger partial charge in [-0.1, -0.05) is 30.3 Å². The van der Waals surface area contributed by atoms with Gasteiger partial charge < -0.3 is 10.2 Å². The van der Waals surface area contributed by atoms with Gasteiger partial charge in [-0.3, -0.25) is 4.79 Å². The van der Waals surface area contributed by atoms with Crippen molar-refractivity contribution < 1.29 is 17.6 Å². The van der Waals surface area contributed by atoms with Gasteiger partial charge in [-0.05, 0) is 55.9 Å². The highest BCUT2D eigenvalue weighted by Crippen LogP contribution is 2.31. The van der Waals surface area contributed by atoms with Crippen LogP contribution in [0.5, 0.6) is 0 Å². The molecular weight excluding hydrogens is 429 g/mol. The number of hydrogen-bond acceptors (Lipinski definition) is 4. The second kappa shape index (κ2) is 10.0. The van der Waals surface area contributed by atoms with E-state index in [9.17, 15) is 17.6 Å². The molecule has 8 heteroatoms. The minimum absolute atomic E-state index is 0.0345. The maximum atomic E-state index is 13.9. The maximum Gasteiger partial charge on any atom is 0.227 e. The molecule has 2 saturated heterocycles. The Morgan fingerprint density at radius 1 is 0.969 bits per heavy atom. The average Bonchev–Trinajstić information content (AvgIpc) is 2.80. The Kier molecular flexibility index (Phi) is 7.10. The first-order chi connectivity index (χ1) is 15.4. The van der Waals surface area contributed by atoms with Crippen LogP contribution in [0, 0.1) is 11.7 Å². The molecule has 6 nitrogen and oxygen atoms in total. The number of halogens is 1. The first-order valence-corrected chi connectivity index (χ1v) is 12.9. The Hall–Kier alpha value is -2.45. The molecule has 2 aromatic carbocycles. The molecule has 1 amide bonds. The summed E-state index contributed by atoms with van der Waals surface area (Å²) in [5.41, 5.74) is 2.10. The van der Waals surface area contributed by atoms with Gasteiger partial charge in [0.15, 0.2) is 0 Å². The van der Waals surface area contributed by atoms with E-state index >= 15 is 0 Å². The Bertz CT molecular complexity index is 1030. The van der Waals surface area contributed by atoms with Crippen LogP contribution in [0.15, 0.2) is 48.5 Å². The predicted octanol–water partition coefficient (Wildman–Crippen LogP) is 4.00. The largest absolute Gasteiger partial charge is 0.370 e. The zero-order chi connectivity index (χ0) is 22.6. The number of hydrogen-bond donors (Lipinski definition) is 1. The van der Waals surface area contributed by atoms with E-state index in [-0.39, 0.29) is 23.4 Å². The van der Waals surface area contributed by atoms with Crippen molar-refractivity contribution in [2.45, 2.75) is 37.9 Å². The van der Waals surface area contributed by atoms with Gasteiger partial charge in [0.1, 0.15) is 5.82 Å². The van der Waals surface area contributed by atoms with E-state index in [1.807, 2.05) is 18.2 Å². The third-order valence-electron chi connectivity index (χ3n) is 6.32. The Labute approximate surface area is 189 Å². The van der Waals surface area contributed by atoms with Crippen LogP contribution < -0.4 is 10.2 Å². The second-order valence-corrected chi connectivity index (χ2v) is 10.6. The Morgan fingerprint density at radius 3 is 2.34 bits per heavy atom. The van der Waals surface area contributed by atoms with Gasteiger partial charge in [-0.2, -0.15) is 0 Å². The lowest BCUT2D eigenvalue weighted by Crippen LogP contribution is -2.42. The third kappa shape index (κ3) is 5.48. The molecule has 2 aliphatic rings. The van der Waals surface area contributed by atoms with E-state index in [1.165, 1.54) is 22.9 Å². The number of carbonyl (C=O) groups is 1. The number of sulfonamides is 1. The topological polar surface area (TPSA) is 69.7 Å². The van der Waals surface area contributed by atoms with Crippen LogP contribution in [0.25, 0.3) is 0 Å². The zero-order valence-corrected chi connectivity index (χ0v) is 19.0. The van der Waals surface area contributed by atoms with Crippen LogP contribution in [0.4, 0.5) is 15.8 Å². The number of amides is 1. The molecule has 4 rings (SSSR count). The van der Waals surface area contributed by atoms with E-state index < -0.39 is 10.0 Å². The number of benzene rings is 2.